The second kappa shape index (κ2) is 13.3. The summed E-state index contributed by atoms with van der Waals surface area (Å²) in [5, 5.41) is 9.13. The average Bonchev–Trinajstić information content (AvgIpc) is 3.28. The zero-order valence-corrected chi connectivity index (χ0v) is 21.8. The molecule has 2 heterocycles. The summed E-state index contributed by atoms with van der Waals surface area (Å²) in [6.45, 7) is 8.30. The van der Waals surface area contributed by atoms with Gasteiger partial charge in [0, 0.05) is 57.2 Å². The van der Waals surface area contributed by atoms with Crippen LogP contribution in [-0.2, 0) is 17.6 Å². The first kappa shape index (κ1) is 26.7. The number of oxazole rings is 1. The lowest BCUT2D eigenvalue weighted by Gasteiger charge is -2.32. The minimum atomic E-state index is -0.820. The molecule has 2 aromatic carbocycles. The first-order valence-corrected chi connectivity index (χ1v) is 13.0. The number of hydrogen-bond acceptors (Lipinski definition) is 7. The van der Waals surface area contributed by atoms with Gasteiger partial charge in [0.25, 0.3) is 0 Å². The standard InChI is InChI=1S/C29H37N3O5/c1-22-26(30-29(37-22)24-7-4-3-5-8-24)13-20-35-25-11-9-23(10-12-28(33)34)27(21-25)36-19-6-14-32-17-15-31(2)16-18-32/h3-5,7-9,11,21H,6,10,12-20H2,1-2H3,(H,33,34). The molecule has 0 saturated carbocycles. The van der Waals surface area contributed by atoms with Crippen molar-refractivity contribution in [3.8, 4) is 23.0 Å². The Balaban J connectivity index is 1.32. The number of aromatic nitrogens is 1. The van der Waals surface area contributed by atoms with E-state index in [1.165, 1.54) is 0 Å². The van der Waals surface area contributed by atoms with Crippen LogP contribution >= 0.6 is 0 Å². The van der Waals surface area contributed by atoms with Gasteiger partial charge in [-0.25, -0.2) is 4.98 Å². The minimum absolute atomic E-state index is 0.0625. The molecule has 198 valence electrons. The van der Waals surface area contributed by atoms with Gasteiger partial charge in [-0.2, -0.15) is 0 Å². The predicted octanol–water partition coefficient (Wildman–Crippen LogP) is 4.31. The Kier molecular flexibility index (Phi) is 9.57. The molecule has 0 bridgehead atoms. The summed E-state index contributed by atoms with van der Waals surface area (Å²) in [6, 6.07) is 15.5. The fourth-order valence-electron chi connectivity index (χ4n) is 4.38. The number of piperazine rings is 1. The number of carboxylic acid groups (broad SMARTS) is 1. The number of likely N-dealkylation sites (N-methyl/N-ethyl adjacent to an activating group) is 1. The van der Waals surface area contributed by atoms with E-state index in [-0.39, 0.29) is 6.42 Å². The van der Waals surface area contributed by atoms with Crippen molar-refractivity contribution in [1.29, 1.82) is 0 Å². The second-order valence-electron chi connectivity index (χ2n) is 9.50. The number of ether oxygens (including phenoxy) is 2. The van der Waals surface area contributed by atoms with Crippen LogP contribution in [0.25, 0.3) is 11.5 Å². The van der Waals surface area contributed by atoms with Gasteiger partial charge in [-0.15, -0.1) is 0 Å². The Morgan fingerprint density at radius 3 is 2.57 bits per heavy atom. The fraction of sp³-hybridized carbons (Fsp3) is 0.448. The van der Waals surface area contributed by atoms with E-state index in [2.05, 4.69) is 21.8 Å². The Labute approximate surface area is 218 Å². The van der Waals surface area contributed by atoms with E-state index in [1.54, 1.807) is 0 Å². The van der Waals surface area contributed by atoms with Gasteiger partial charge in [0.15, 0.2) is 0 Å². The Morgan fingerprint density at radius 1 is 1.03 bits per heavy atom. The van der Waals surface area contributed by atoms with Crippen molar-refractivity contribution >= 4 is 5.97 Å². The van der Waals surface area contributed by atoms with Crippen molar-refractivity contribution in [1.82, 2.24) is 14.8 Å². The van der Waals surface area contributed by atoms with Crippen molar-refractivity contribution < 1.29 is 23.8 Å². The van der Waals surface area contributed by atoms with E-state index in [9.17, 15) is 4.79 Å². The number of aryl methyl sites for hydroxylation is 2. The van der Waals surface area contributed by atoms with E-state index < -0.39 is 5.97 Å². The van der Waals surface area contributed by atoms with Gasteiger partial charge in [0.1, 0.15) is 17.3 Å². The van der Waals surface area contributed by atoms with Crippen LogP contribution in [0.5, 0.6) is 11.5 Å². The molecule has 1 aliphatic heterocycles. The third-order valence-corrected chi connectivity index (χ3v) is 6.64. The molecule has 0 spiro atoms. The molecule has 8 nitrogen and oxygen atoms in total. The summed E-state index contributed by atoms with van der Waals surface area (Å²) in [5.41, 5.74) is 2.70. The smallest absolute Gasteiger partial charge is 0.303 e. The maximum absolute atomic E-state index is 11.1. The van der Waals surface area contributed by atoms with Crippen LogP contribution in [0.4, 0.5) is 0 Å². The molecule has 4 rings (SSSR count). The van der Waals surface area contributed by atoms with Gasteiger partial charge in [0.2, 0.25) is 5.89 Å². The molecule has 1 aromatic heterocycles. The number of carboxylic acids is 1. The number of rotatable bonds is 13. The number of carbonyl (C=O) groups is 1. The van der Waals surface area contributed by atoms with E-state index >= 15 is 0 Å². The van der Waals surface area contributed by atoms with Crippen molar-refractivity contribution in [2.24, 2.45) is 0 Å². The van der Waals surface area contributed by atoms with Gasteiger partial charge in [-0.3, -0.25) is 4.79 Å². The van der Waals surface area contributed by atoms with Gasteiger partial charge in [0.05, 0.1) is 18.9 Å². The summed E-state index contributed by atoms with van der Waals surface area (Å²) in [4.78, 5) is 20.6. The van der Waals surface area contributed by atoms with Gasteiger partial charge >= 0.3 is 5.97 Å². The molecule has 0 aliphatic carbocycles. The first-order valence-electron chi connectivity index (χ1n) is 13.0. The second-order valence-corrected chi connectivity index (χ2v) is 9.50. The molecule has 3 aromatic rings. The van der Waals surface area contributed by atoms with Crippen LogP contribution in [0.15, 0.2) is 52.9 Å². The SMILES string of the molecule is Cc1oc(-c2ccccc2)nc1CCOc1ccc(CCC(=O)O)c(OCCCN2CCN(C)CC2)c1. The third kappa shape index (κ3) is 8.06. The van der Waals surface area contributed by atoms with Gasteiger partial charge in [-0.1, -0.05) is 24.3 Å². The summed E-state index contributed by atoms with van der Waals surface area (Å²) in [6.07, 6.45) is 2.02. The predicted molar refractivity (Wildman–Crippen MR) is 142 cm³/mol. The van der Waals surface area contributed by atoms with Gasteiger partial charge in [-0.05, 0) is 50.6 Å². The summed E-state index contributed by atoms with van der Waals surface area (Å²) in [7, 11) is 2.16. The highest BCUT2D eigenvalue weighted by molar-refractivity contribution is 5.67. The third-order valence-electron chi connectivity index (χ3n) is 6.64. The van der Waals surface area contributed by atoms with Crippen molar-refractivity contribution in [2.75, 3.05) is 53.0 Å². The highest BCUT2D eigenvalue weighted by atomic mass is 16.5. The molecule has 1 N–H and O–H groups in total. The highest BCUT2D eigenvalue weighted by Gasteiger charge is 2.15. The van der Waals surface area contributed by atoms with Crippen molar-refractivity contribution in [3.63, 3.8) is 0 Å². The summed E-state index contributed by atoms with van der Waals surface area (Å²) < 4.78 is 18.0. The number of aliphatic carboxylic acids is 1. The molecular weight excluding hydrogens is 470 g/mol. The number of benzene rings is 2. The Morgan fingerprint density at radius 2 is 1.81 bits per heavy atom. The topological polar surface area (TPSA) is 88.3 Å². The van der Waals surface area contributed by atoms with E-state index in [1.807, 2.05) is 55.5 Å². The first-order chi connectivity index (χ1) is 18.0. The molecule has 8 heteroatoms. The lowest BCUT2D eigenvalue weighted by molar-refractivity contribution is -0.136. The number of hydrogen-bond donors (Lipinski definition) is 1. The lowest BCUT2D eigenvalue weighted by atomic mass is 10.1. The van der Waals surface area contributed by atoms with Crippen LogP contribution in [0.3, 0.4) is 0 Å². The molecule has 37 heavy (non-hydrogen) atoms. The zero-order valence-electron chi connectivity index (χ0n) is 21.8. The molecule has 1 fully saturated rings. The van der Waals surface area contributed by atoms with Crippen LogP contribution in [0.1, 0.15) is 29.9 Å². The maximum Gasteiger partial charge on any atom is 0.303 e. The molecule has 1 saturated heterocycles. The molecule has 0 radical (unpaired) electrons. The van der Waals surface area contributed by atoms with Crippen molar-refractivity contribution in [3.05, 3.63) is 65.5 Å². The summed E-state index contributed by atoms with van der Waals surface area (Å²) >= 11 is 0. The van der Waals surface area contributed by atoms with E-state index in [4.69, 9.17) is 19.0 Å². The summed E-state index contributed by atoms with van der Waals surface area (Å²) in [5.74, 6) is 1.97. The molecule has 0 unspecified atom stereocenters. The van der Waals surface area contributed by atoms with Crippen LogP contribution in [0.2, 0.25) is 0 Å². The Hall–Kier alpha value is -3.36. The molecule has 1 aliphatic rings. The average molecular weight is 508 g/mol. The normalized spacial score (nSPS) is 14.5. The maximum atomic E-state index is 11.1. The van der Waals surface area contributed by atoms with Crippen LogP contribution in [-0.4, -0.2) is 78.8 Å². The number of nitrogens with zero attached hydrogens (tertiary/aromatic N) is 3. The fourth-order valence-corrected chi connectivity index (χ4v) is 4.38. The van der Waals surface area contributed by atoms with Gasteiger partial charge < -0.3 is 28.8 Å². The molecular formula is C29H37N3O5. The molecule has 0 amide bonds. The zero-order chi connectivity index (χ0) is 26.0. The quantitative estimate of drug-likeness (QED) is 0.343. The van der Waals surface area contributed by atoms with E-state index in [0.29, 0.717) is 43.4 Å². The highest BCUT2D eigenvalue weighted by Crippen LogP contribution is 2.27. The van der Waals surface area contributed by atoms with Crippen LogP contribution in [0, 0.1) is 6.92 Å². The largest absolute Gasteiger partial charge is 0.493 e. The molecule has 0 atom stereocenters. The van der Waals surface area contributed by atoms with Crippen molar-refractivity contribution in [2.45, 2.75) is 32.6 Å². The minimum Gasteiger partial charge on any atom is -0.493 e. The van der Waals surface area contributed by atoms with E-state index in [0.717, 1.165) is 61.7 Å². The lowest BCUT2D eigenvalue weighted by Crippen LogP contribution is -2.44. The Bertz CT molecular complexity index is 1140. The monoisotopic (exact) mass is 507 g/mol. The van der Waals surface area contributed by atoms with Crippen LogP contribution < -0.4 is 9.47 Å².